The molecule has 0 bridgehead atoms. The maximum atomic E-state index is 11.5. The van der Waals surface area contributed by atoms with Crippen LogP contribution in [0.3, 0.4) is 0 Å². The van der Waals surface area contributed by atoms with Crippen LogP contribution in [0, 0.1) is 0 Å². The van der Waals surface area contributed by atoms with Crippen molar-refractivity contribution >= 4 is 5.91 Å². The summed E-state index contributed by atoms with van der Waals surface area (Å²) in [6, 6.07) is 5.94. The fourth-order valence-corrected chi connectivity index (χ4v) is 2.14. The Hall–Kier alpha value is -1.71. The predicted molar refractivity (Wildman–Crippen MR) is 69.1 cm³/mol. The van der Waals surface area contributed by atoms with Gasteiger partial charge in [0.2, 0.25) is 5.91 Å². The zero-order chi connectivity index (χ0) is 13.0. The van der Waals surface area contributed by atoms with E-state index in [2.05, 4.69) is 12.2 Å². The standard InChI is InChI=1S/C14H19NO3/c1-3-10(9-14(16)15-2)11-4-5-12-13(8-11)18-7-6-17-12/h4-5,8,10H,3,6-7,9H2,1-2H3,(H,15,16). The number of rotatable bonds is 4. The second-order valence-electron chi connectivity index (χ2n) is 4.39. The lowest BCUT2D eigenvalue weighted by Gasteiger charge is -2.21. The molecule has 1 atom stereocenters. The van der Waals surface area contributed by atoms with Crippen LogP contribution >= 0.6 is 0 Å². The highest BCUT2D eigenvalue weighted by molar-refractivity contribution is 5.76. The third-order valence-corrected chi connectivity index (χ3v) is 3.24. The molecule has 1 aliphatic heterocycles. The lowest BCUT2D eigenvalue weighted by Crippen LogP contribution is -2.20. The minimum atomic E-state index is 0.0664. The number of carbonyl (C=O) groups excluding carboxylic acids is 1. The van der Waals surface area contributed by atoms with Gasteiger partial charge in [-0.1, -0.05) is 13.0 Å². The molecule has 0 fully saturated rings. The number of nitrogens with one attached hydrogen (secondary N) is 1. The first-order valence-corrected chi connectivity index (χ1v) is 6.34. The van der Waals surface area contributed by atoms with Gasteiger partial charge >= 0.3 is 0 Å². The summed E-state index contributed by atoms with van der Waals surface area (Å²) in [7, 11) is 1.67. The van der Waals surface area contributed by atoms with E-state index in [9.17, 15) is 4.79 Å². The zero-order valence-corrected chi connectivity index (χ0v) is 10.9. The van der Waals surface area contributed by atoms with Gasteiger partial charge in [-0.05, 0) is 30.0 Å². The molecule has 4 heteroatoms. The Balaban J connectivity index is 2.18. The Morgan fingerprint density at radius 1 is 1.33 bits per heavy atom. The molecular weight excluding hydrogens is 230 g/mol. The molecule has 0 saturated heterocycles. The molecule has 1 unspecified atom stereocenters. The summed E-state index contributed by atoms with van der Waals surface area (Å²) in [5, 5.41) is 2.67. The first-order valence-electron chi connectivity index (χ1n) is 6.34. The van der Waals surface area contributed by atoms with Crippen molar-refractivity contribution in [2.24, 2.45) is 0 Å². The lowest BCUT2D eigenvalue weighted by atomic mass is 9.92. The third-order valence-electron chi connectivity index (χ3n) is 3.24. The molecule has 0 aromatic heterocycles. The molecule has 1 N–H and O–H groups in total. The average molecular weight is 249 g/mol. The average Bonchev–Trinajstić information content (AvgIpc) is 2.44. The van der Waals surface area contributed by atoms with Gasteiger partial charge in [0.25, 0.3) is 0 Å². The topological polar surface area (TPSA) is 47.6 Å². The molecule has 4 nitrogen and oxygen atoms in total. The van der Waals surface area contributed by atoms with Gasteiger partial charge in [0.15, 0.2) is 11.5 Å². The number of amides is 1. The number of ether oxygens (including phenoxy) is 2. The van der Waals surface area contributed by atoms with E-state index in [1.807, 2.05) is 18.2 Å². The van der Waals surface area contributed by atoms with Gasteiger partial charge in [-0.2, -0.15) is 0 Å². The molecule has 0 spiro atoms. The van der Waals surface area contributed by atoms with Crippen LogP contribution in [-0.4, -0.2) is 26.2 Å². The van der Waals surface area contributed by atoms with Crippen molar-refractivity contribution in [1.82, 2.24) is 5.32 Å². The predicted octanol–water partition coefficient (Wildman–Crippen LogP) is 2.09. The molecule has 1 heterocycles. The molecule has 1 amide bonds. The smallest absolute Gasteiger partial charge is 0.220 e. The second-order valence-corrected chi connectivity index (χ2v) is 4.39. The maximum Gasteiger partial charge on any atom is 0.220 e. The highest BCUT2D eigenvalue weighted by Crippen LogP contribution is 2.34. The fourth-order valence-electron chi connectivity index (χ4n) is 2.14. The SMILES string of the molecule is CCC(CC(=O)NC)c1ccc2c(c1)OCCO2. The van der Waals surface area contributed by atoms with Crippen LogP contribution in [0.15, 0.2) is 18.2 Å². The van der Waals surface area contributed by atoms with E-state index in [0.29, 0.717) is 19.6 Å². The van der Waals surface area contributed by atoms with Gasteiger partial charge in [-0.3, -0.25) is 4.79 Å². The minimum absolute atomic E-state index is 0.0664. The summed E-state index contributed by atoms with van der Waals surface area (Å²) in [5.74, 6) is 1.87. The van der Waals surface area contributed by atoms with E-state index in [4.69, 9.17) is 9.47 Å². The molecule has 1 aromatic rings. The number of benzene rings is 1. The zero-order valence-electron chi connectivity index (χ0n) is 10.9. The van der Waals surface area contributed by atoms with E-state index in [1.54, 1.807) is 7.05 Å². The van der Waals surface area contributed by atoms with Crippen molar-refractivity contribution in [3.8, 4) is 11.5 Å². The molecule has 1 aliphatic rings. The van der Waals surface area contributed by atoms with Crippen LogP contribution in [0.1, 0.15) is 31.2 Å². The first kappa shape index (κ1) is 12.7. The van der Waals surface area contributed by atoms with Crippen molar-refractivity contribution in [3.63, 3.8) is 0 Å². The van der Waals surface area contributed by atoms with Crippen LogP contribution in [0.25, 0.3) is 0 Å². The highest BCUT2D eigenvalue weighted by atomic mass is 16.6. The minimum Gasteiger partial charge on any atom is -0.486 e. The van der Waals surface area contributed by atoms with Crippen LogP contribution in [0.4, 0.5) is 0 Å². The van der Waals surface area contributed by atoms with Gasteiger partial charge in [-0.15, -0.1) is 0 Å². The van der Waals surface area contributed by atoms with Gasteiger partial charge in [0.1, 0.15) is 13.2 Å². The summed E-state index contributed by atoms with van der Waals surface area (Å²) < 4.78 is 11.1. The largest absolute Gasteiger partial charge is 0.486 e. The molecule has 0 saturated carbocycles. The number of carbonyl (C=O) groups is 1. The summed E-state index contributed by atoms with van der Waals surface area (Å²) in [5.41, 5.74) is 1.13. The van der Waals surface area contributed by atoms with Crippen molar-refractivity contribution in [2.75, 3.05) is 20.3 Å². The van der Waals surface area contributed by atoms with Gasteiger partial charge < -0.3 is 14.8 Å². The third kappa shape index (κ3) is 2.75. The van der Waals surface area contributed by atoms with E-state index in [-0.39, 0.29) is 11.8 Å². The van der Waals surface area contributed by atoms with Crippen LogP contribution < -0.4 is 14.8 Å². The monoisotopic (exact) mass is 249 g/mol. The molecule has 1 aromatic carbocycles. The quantitative estimate of drug-likeness (QED) is 0.888. The van der Waals surface area contributed by atoms with Gasteiger partial charge in [0, 0.05) is 13.5 Å². The molecule has 0 radical (unpaired) electrons. The highest BCUT2D eigenvalue weighted by Gasteiger charge is 2.17. The molecule has 98 valence electrons. The summed E-state index contributed by atoms with van der Waals surface area (Å²) in [6.45, 7) is 3.27. The fraction of sp³-hybridized carbons (Fsp3) is 0.500. The van der Waals surface area contributed by atoms with E-state index in [0.717, 1.165) is 23.5 Å². The Morgan fingerprint density at radius 3 is 2.72 bits per heavy atom. The summed E-state index contributed by atoms with van der Waals surface area (Å²) >= 11 is 0. The number of hydrogen-bond acceptors (Lipinski definition) is 3. The Labute approximate surface area is 107 Å². The molecule has 0 aliphatic carbocycles. The Morgan fingerprint density at radius 2 is 2.06 bits per heavy atom. The Bertz CT molecular complexity index is 431. The van der Waals surface area contributed by atoms with Crippen LogP contribution in [-0.2, 0) is 4.79 Å². The van der Waals surface area contributed by atoms with Crippen molar-refractivity contribution in [3.05, 3.63) is 23.8 Å². The van der Waals surface area contributed by atoms with Gasteiger partial charge in [0.05, 0.1) is 0 Å². The van der Waals surface area contributed by atoms with Crippen molar-refractivity contribution < 1.29 is 14.3 Å². The molecule has 2 rings (SSSR count). The van der Waals surface area contributed by atoms with Crippen LogP contribution in [0.2, 0.25) is 0 Å². The Kier molecular flexibility index (Phi) is 4.07. The lowest BCUT2D eigenvalue weighted by molar-refractivity contribution is -0.121. The molecule has 18 heavy (non-hydrogen) atoms. The van der Waals surface area contributed by atoms with Crippen molar-refractivity contribution in [2.45, 2.75) is 25.7 Å². The number of hydrogen-bond donors (Lipinski definition) is 1. The van der Waals surface area contributed by atoms with Crippen LogP contribution in [0.5, 0.6) is 11.5 Å². The summed E-state index contributed by atoms with van der Waals surface area (Å²) in [4.78, 5) is 11.5. The summed E-state index contributed by atoms with van der Waals surface area (Å²) in [6.07, 6.45) is 1.43. The van der Waals surface area contributed by atoms with E-state index >= 15 is 0 Å². The maximum absolute atomic E-state index is 11.5. The first-order chi connectivity index (χ1) is 8.74. The normalized spacial score (nSPS) is 15.0. The van der Waals surface area contributed by atoms with E-state index in [1.165, 1.54) is 0 Å². The number of fused-ring (bicyclic) bond motifs is 1. The second kappa shape index (κ2) is 5.76. The van der Waals surface area contributed by atoms with Crippen molar-refractivity contribution in [1.29, 1.82) is 0 Å². The van der Waals surface area contributed by atoms with Gasteiger partial charge in [-0.25, -0.2) is 0 Å². The van der Waals surface area contributed by atoms with E-state index < -0.39 is 0 Å². The molecular formula is C14H19NO3.